The Kier molecular flexibility index (Phi) is 4.14. The number of anilines is 1. The van der Waals surface area contributed by atoms with Crippen molar-refractivity contribution < 1.29 is 9.18 Å². The fraction of sp³-hybridized carbons (Fsp3) is 0. The monoisotopic (exact) mass is 371 g/mol. The first-order chi connectivity index (χ1) is 8.58. The molecule has 0 radical (unpaired) electrons. The predicted octanol–water partition coefficient (Wildman–Crippen LogP) is 4.60. The normalized spacial score (nSPS) is 10.2. The van der Waals surface area contributed by atoms with Crippen molar-refractivity contribution in [3.05, 3.63) is 62.8 Å². The number of nitrogens with one attached hydrogen (secondary N) is 1. The number of carbonyl (C=O) groups is 1. The van der Waals surface area contributed by atoms with Gasteiger partial charge >= 0.3 is 0 Å². The van der Waals surface area contributed by atoms with Crippen molar-refractivity contribution in [3.63, 3.8) is 0 Å². The van der Waals surface area contributed by atoms with E-state index in [4.69, 9.17) is 0 Å². The maximum absolute atomic E-state index is 13.6. The molecular formula is C13H8Br2FNO. The van der Waals surface area contributed by atoms with Crippen LogP contribution < -0.4 is 5.32 Å². The van der Waals surface area contributed by atoms with Crippen molar-refractivity contribution in [3.8, 4) is 0 Å². The Balaban J connectivity index is 2.24. The second-order valence-corrected chi connectivity index (χ2v) is 5.33. The molecule has 0 saturated carbocycles. The predicted molar refractivity (Wildman–Crippen MR) is 76.2 cm³/mol. The molecule has 0 atom stereocenters. The van der Waals surface area contributed by atoms with Crippen molar-refractivity contribution in [1.82, 2.24) is 0 Å². The molecule has 18 heavy (non-hydrogen) atoms. The lowest BCUT2D eigenvalue weighted by molar-refractivity contribution is 0.102. The first-order valence-corrected chi connectivity index (χ1v) is 6.67. The SMILES string of the molecule is O=C(Nc1ccc(Br)cc1F)c1ccccc1Br. The average Bonchev–Trinajstić information content (AvgIpc) is 2.33. The van der Waals surface area contributed by atoms with Gasteiger partial charge in [0.2, 0.25) is 0 Å². The van der Waals surface area contributed by atoms with Crippen molar-refractivity contribution in [1.29, 1.82) is 0 Å². The van der Waals surface area contributed by atoms with E-state index in [2.05, 4.69) is 37.2 Å². The third kappa shape index (κ3) is 2.97. The van der Waals surface area contributed by atoms with Gasteiger partial charge in [0.25, 0.3) is 5.91 Å². The van der Waals surface area contributed by atoms with Gasteiger partial charge in [0, 0.05) is 8.95 Å². The third-order valence-electron chi connectivity index (χ3n) is 2.30. The van der Waals surface area contributed by atoms with Crippen LogP contribution in [-0.4, -0.2) is 5.91 Å². The fourth-order valence-corrected chi connectivity index (χ4v) is 2.22. The van der Waals surface area contributed by atoms with Gasteiger partial charge in [0.15, 0.2) is 0 Å². The molecule has 0 aromatic heterocycles. The van der Waals surface area contributed by atoms with Crippen LogP contribution in [0.3, 0.4) is 0 Å². The zero-order valence-electron chi connectivity index (χ0n) is 9.08. The van der Waals surface area contributed by atoms with E-state index in [9.17, 15) is 9.18 Å². The van der Waals surface area contributed by atoms with E-state index in [0.29, 0.717) is 14.5 Å². The molecule has 0 aliphatic heterocycles. The van der Waals surface area contributed by atoms with Gasteiger partial charge in [-0.15, -0.1) is 0 Å². The van der Waals surface area contributed by atoms with Crippen molar-refractivity contribution in [2.45, 2.75) is 0 Å². The van der Waals surface area contributed by atoms with E-state index in [0.717, 1.165) is 0 Å². The number of hydrogen-bond donors (Lipinski definition) is 1. The highest BCUT2D eigenvalue weighted by molar-refractivity contribution is 9.10. The topological polar surface area (TPSA) is 29.1 Å². The van der Waals surface area contributed by atoms with Crippen LogP contribution in [0.15, 0.2) is 51.4 Å². The van der Waals surface area contributed by atoms with Crippen molar-refractivity contribution in [2.24, 2.45) is 0 Å². The Morgan fingerprint density at radius 3 is 2.50 bits per heavy atom. The molecule has 2 nitrogen and oxygen atoms in total. The Hall–Kier alpha value is -1.20. The second kappa shape index (κ2) is 5.63. The summed E-state index contributed by atoms with van der Waals surface area (Å²) in [5.74, 6) is -0.839. The molecule has 0 spiro atoms. The quantitative estimate of drug-likeness (QED) is 0.819. The summed E-state index contributed by atoms with van der Waals surface area (Å²) in [6, 6.07) is 11.4. The molecule has 92 valence electrons. The standard InChI is InChI=1S/C13H8Br2FNO/c14-8-5-6-12(11(16)7-8)17-13(18)9-3-1-2-4-10(9)15/h1-7H,(H,17,18). The molecule has 0 aliphatic rings. The largest absolute Gasteiger partial charge is 0.319 e. The van der Waals surface area contributed by atoms with Crippen LogP contribution >= 0.6 is 31.9 Å². The van der Waals surface area contributed by atoms with E-state index < -0.39 is 5.82 Å². The molecule has 2 aromatic rings. The molecule has 1 N–H and O–H groups in total. The van der Waals surface area contributed by atoms with Gasteiger partial charge < -0.3 is 5.32 Å². The van der Waals surface area contributed by atoms with Crippen molar-refractivity contribution in [2.75, 3.05) is 5.32 Å². The summed E-state index contributed by atoms with van der Waals surface area (Å²) in [6.07, 6.45) is 0. The molecule has 5 heteroatoms. The summed E-state index contributed by atoms with van der Waals surface area (Å²) in [7, 11) is 0. The minimum Gasteiger partial charge on any atom is -0.319 e. The lowest BCUT2D eigenvalue weighted by Gasteiger charge is -2.07. The summed E-state index contributed by atoms with van der Waals surface area (Å²) in [4.78, 5) is 12.0. The Morgan fingerprint density at radius 1 is 1.11 bits per heavy atom. The summed E-state index contributed by atoms with van der Waals surface area (Å²) in [5, 5.41) is 2.53. The zero-order valence-corrected chi connectivity index (χ0v) is 12.3. The smallest absolute Gasteiger partial charge is 0.256 e. The van der Waals surface area contributed by atoms with Gasteiger partial charge in [0.1, 0.15) is 5.82 Å². The number of carbonyl (C=O) groups excluding carboxylic acids is 1. The maximum atomic E-state index is 13.6. The van der Waals surface area contributed by atoms with Gasteiger partial charge in [-0.3, -0.25) is 4.79 Å². The molecule has 0 bridgehead atoms. The van der Waals surface area contributed by atoms with Crippen LogP contribution in [0.2, 0.25) is 0 Å². The van der Waals surface area contributed by atoms with E-state index in [1.54, 1.807) is 30.3 Å². The highest BCUT2D eigenvalue weighted by Crippen LogP contribution is 2.22. The minimum atomic E-state index is -0.482. The molecule has 2 aromatic carbocycles. The minimum absolute atomic E-state index is 0.152. The molecular weight excluding hydrogens is 365 g/mol. The van der Waals surface area contributed by atoms with Crippen LogP contribution in [-0.2, 0) is 0 Å². The summed E-state index contributed by atoms with van der Waals surface area (Å²) < 4.78 is 14.9. The third-order valence-corrected chi connectivity index (χ3v) is 3.48. The molecule has 0 aliphatic carbocycles. The fourth-order valence-electron chi connectivity index (χ4n) is 1.43. The lowest BCUT2D eigenvalue weighted by Crippen LogP contribution is -2.13. The lowest BCUT2D eigenvalue weighted by atomic mass is 10.2. The molecule has 2 rings (SSSR count). The van der Waals surface area contributed by atoms with Crippen LogP contribution in [0.4, 0.5) is 10.1 Å². The Bertz CT molecular complexity index is 601. The average molecular weight is 373 g/mol. The van der Waals surface area contributed by atoms with E-state index >= 15 is 0 Å². The number of halogens is 3. The maximum Gasteiger partial charge on any atom is 0.256 e. The van der Waals surface area contributed by atoms with E-state index in [-0.39, 0.29) is 11.6 Å². The second-order valence-electron chi connectivity index (χ2n) is 3.56. The van der Waals surface area contributed by atoms with Gasteiger partial charge in [-0.25, -0.2) is 4.39 Å². The number of amides is 1. The molecule has 0 saturated heterocycles. The van der Waals surface area contributed by atoms with E-state index in [1.807, 2.05) is 0 Å². The first kappa shape index (κ1) is 13.2. The van der Waals surface area contributed by atoms with Crippen LogP contribution in [0.1, 0.15) is 10.4 Å². The molecule has 0 unspecified atom stereocenters. The van der Waals surface area contributed by atoms with Gasteiger partial charge in [-0.05, 0) is 46.3 Å². The number of benzene rings is 2. The Morgan fingerprint density at radius 2 is 1.83 bits per heavy atom. The van der Waals surface area contributed by atoms with Crippen molar-refractivity contribution >= 4 is 43.5 Å². The first-order valence-electron chi connectivity index (χ1n) is 5.09. The van der Waals surface area contributed by atoms with Gasteiger partial charge in [-0.1, -0.05) is 28.1 Å². The molecule has 0 fully saturated rings. The number of rotatable bonds is 2. The highest BCUT2D eigenvalue weighted by atomic mass is 79.9. The summed E-state index contributed by atoms with van der Waals surface area (Å²) in [6.45, 7) is 0. The molecule has 1 amide bonds. The summed E-state index contributed by atoms with van der Waals surface area (Å²) in [5.41, 5.74) is 0.610. The zero-order chi connectivity index (χ0) is 13.1. The Labute approximate surface area is 120 Å². The molecule has 0 heterocycles. The summed E-state index contributed by atoms with van der Waals surface area (Å²) >= 11 is 6.44. The highest BCUT2D eigenvalue weighted by Gasteiger charge is 2.11. The van der Waals surface area contributed by atoms with Crippen LogP contribution in [0.25, 0.3) is 0 Å². The van der Waals surface area contributed by atoms with Gasteiger partial charge in [-0.2, -0.15) is 0 Å². The van der Waals surface area contributed by atoms with Crippen LogP contribution in [0, 0.1) is 5.82 Å². The van der Waals surface area contributed by atoms with E-state index in [1.165, 1.54) is 12.1 Å². The van der Waals surface area contributed by atoms with Crippen LogP contribution in [0.5, 0.6) is 0 Å². The van der Waals surface area contributed by atoms with Gasteiger partial charge in [0.05, 0.1) is 11.3 Å². The number of hydrogen-bond acceptors (Lipinski definition) is 1.